The highest BCUT2D eigenvalue weighted by Crippen LogP contribution is 2.24. The van der Waals surface area contributed by atoms with E-state index in [4.69, 9.17) is 4.74 Å². The monoisotopic (exact) mass is 339 g/mol. The number of rotatable bonds is 6. The number of hydrogen-bond donors (Lipinski definition) is 1. The van der Waals surface area contributed by atoms with Crippen molar-refractivity contribution in [1.29, 1.82) is 0 Å². The van der Waals surface area contributed by atoms with Gasteiger partial charge < -0.3 is 10.1 Å². The molecule has 0 heterocycles. The Balaban J connectivity index is 1.92. The summed E-state index contributed by atoms with van der Waals surface area (Å²) >= 11 is 0. The number of ketones is 1. The molecule has 25 heavy (non-hydrogen) atoms. The Morgan fingerprint density at radius 3 is 2.08 bits per heavy atom. The predicted octanol–water partition coefficient (Wildman–Crippen LogP) is 4.59. The fourth-order valence-electron chi connectivity index (χ4n) is 2.27. The van der Waals surface area contributed by atoms with Crippen LogP contribution in [0.2, 0.25) is 0 Å². The molecule has 2 rings (SSSR count). The Hall–Kier alpha value is -2.62. The van der Waals surface area contributed by atoms with Crippen molar-refractivity contribution in [2.24, 2.45) is 0 Å². The lowest BCUT2D eigenvalue weighted by atomic mass is 9.87. The lowest BCUT2D eigenvalue weighted by molar-refractivity contribution is -0.115. The van der Waals surface area contributed by atoms with Gasteiger partial charge in [0.25, 0.3) is 0 Å². The maximum absolute atomic E-state index is 12.2. The van der Waals surface area contributed by atoms with E-state index in [1.165, 1.54) is 5.56 Å². The van der Waals surface area contributed by atoms with Crippen molar-refractivity contribution >= 4 is 17.4 Å². The van der Waals surface area contributed by atoms with Crippen molar-refractivity contribution in [3.8, 4) is 5.75 Å². The minimum atomic E-state index is -0.103. The fraction of sp³-hybridized carbons (Fsp3) is 0.333. The van der Waals surface area contributed by atoms with Gasteiger partial charge in [0.2, 0.25) is 5.91 Å². The summed E-state index contributed by atoms with van der Waals surface area (Å²) in [7, 11) is 0. The van der Waals surface area contributed by atoms with Crippen LogP contribution in [-0.4, -0.2) is 18.3 Å². The van der Waals surface area contributed by atoms with Crippen LogP contribution in [0.25, 0.3) is 0 Å². The first kappa shape index (κ1) is 18.7. The number of Topliss-reactive ketones (excluding diaryl/α,β-unsaturated/α-hetero) is 1. The van der Waals surface area contributed by atoms with Gasteiger partial charge in [0, 0.05) is 17.7 Å². The van der Waals surface area contributed by atoms with Gasteiger partial charge in [0.1, 0.15) is 5.75 Å². The molecule has 0 saturated carbocycles. The van der Waals surface area contributed by atoms with Gasteiger partial charge >= 0.3 is 0 Å². The number of amides is 1. The van der Waals surface area contributed by atoms with E-state index in [1.54, 1.807) is 31.2 Å². The van der Waals surface area contributed by atoms with Crippen LogP contribution in [0, 0.1) is 0 Å². The van der Waals surface area contributed by atoms with Gasteiger partial charge in [0.15, 0.2) is 12.4 Å². The summed E-state index contributed by atoms with van der Waals surface area (Å²) in [6.07, 6.45) is 0.419. The molecule has 4 nitrogen and oxygen atoms in total. The van der Waals surface area contributed by atoms with E-state index in [9.17, 15) is 9.59 Å². The van der Waals surface area contributed by atoms with Gasteiger partial charge in [-0.1, -0.05) is 39.8 Å². The van der Waals surface area contributed by atoms with E-state index >= 15 is 0 Å². The van der Waals surface area contributed by atoms with E-state index in [2.05, 4.69) is 26.1 Å². The van der Waals surface area contributed by atoms with Gasteiger partial charge in [0.05, 0.1) is 0 Å². The Labute approximate surface area is 149 Å². The summed E-state index contributed by atoms with van der Waals surface area (Å²) in [6.45, 7) is 8.23. The molecular formula is C21H25NO3. The number of ether oxygens (including phenoxy) is 1. The smallest absolute Gasteiger partial charge is 0.224 e. The van der Waals surface area contributed by atoms with Crippen LogP contribution >= 0.6 is 0 Å². The zero-order chi connectivity index (χ0) is 18.4. The van der Waals surface area contributed by atoms with E-state index in [0.717, 1.165) is 0 Å². The summed E-state index contributed by atoms with van der Waals surface area (Å²) in [4.78, 5) is 23.6. The highest BCUT2D eigenvalue weighted by molar-refractivity contribution is 5.98. The van der Waals surface area contributed by atoms with Crippen molar-refractivity contribution < 1.29 is 14.3 Å². The maximum Gasteiger partial charge on any atom is 0.224 e. The molecule has 0 aliphatic rings. The summed E-state index contributed by atoms with van der Waals surface area (Å²) in [5.41, 5.74) is 2.54. The maximum atomic E-state index is 12.2. The summed E-state index contributed by atoms with van der Waals surface area (Å²) < 4.78 is 5.58. The molecule has 0 aliphatic heterocycles. The predicted molar refractivity (Wildman–Crippen MR) is 100 cm³/mol. The third-order valence-electron chi connectivity index (χ3n) is 3.90. The molecule has 132 valence electrons. The van der Waals surface area contributed by atoms with Gasteiger partial charge in [-0.3, -0.25) is 9.59 Å². The van der Waals surface area contributed by atoms with E-state index in [-0.39, 0.29) is 23.7 Å². The van der Waals surface area contributed by atoms with Crippen LogP contribution in [0.15, 0.2) is 48.5 Å². The normalized spacial score (nSPS) is 11.0. The number of carbonyl (C=O) groups is 2. The highest BCUT2D eigenvalue weighted by Gasteiger charge is 2.13. The Morgan fingerprint density at radius 2 is 1.56 bits per heavy atom. The largest absolute Gasteiger partial charge is 0.485 e. The van der Waals surface area contributed by atoms with Gasteiger partial charge in [-0.05, 0) is 47.4 Å². The Morgan fingerprint density at radius 1 is 0.960 bits per heavy atom. The first-order valence-electron chi connectivity index (χ1n) is 8.46. The summed E-state index contributed by atoms with van der Waals surface area (Å²) in [5.74, 6) is 0.516. The zero-order valence-electron chi connectivity index (χ0n) is 15.3. The van der Waals surface area contributed by atoms with Gasteiger partial charge in [-0.2, -0.15) is 0 Å². The lowest BCUT2D eigenvalue weighted by Gasteiger charge is -2.19. The summed E-state index contributed by atoms with van der Waals surface area (Å²) in [6, 6.07) is 14.6. The van der Waals surface area contributed by atoms with Crippen LogP contribution < -0.4 is 10.1 Å². The van der Waals surface area contributed by atoms with Crippen LogP contribution in [0.5, 0.6) is 5.75 Å². The molecule has 0 bridgehead atoms. The molecule has 2 aromatic carbocycles. The average Bonchev–Trinajstić information content (AvgIpc) is 2.59. The van der Waals surface area contributed by atoms with Crippen molar-refractivity contribution in [3.63, 3.8) is 0 Å². The van der Waals surface area contributed by atoms with E-state index < -0.39 is 0 Å². The zero-order valence-corrected chi connectivity index (χ0v) is 15.3. The second kappa shape index (κ2) is 7.97. The fourth-order valence-corrected chi connectivity index (χ4v) is 2.27. The molecule has 1 amide bonds. The number of nitrogens with one attached hydrogen (secondary N) is 1. The molecule has 0 atom stereocenters. The molecule has 0 aromatic heterocycles. The van der Waals surface area contributed by atoms with Crippen molar-refractivity contribution in [2.75, 3.05) is 11.9 Å². The Bertz CT molecular complexity index is 725. The Kier molecular flexibility index (Phi) is 5.97. The molecule has 0 spiro atoms. The number of carbonyl (C=O) groups excluding carboxylic acids is 2. The molecule has 2 aromatic rings. The molecule has 0 unspecified atom stereocenters. The first-order chi connectivity index (χ1) is 11.8. The molecular weight excluding hydrogens is 314 g/mol. The van der Waals surface area contributed by atoms with Gasteiger partial charge in [-0.15, -0.1) is 0 Å². The molecule has 0 saturated heterocycles. The quantitative estimate of drug-likeness (QED) is 0.783. The molecule has 0 fully saturated rings. The van der Waals surface area contributed by atoms with Crippen molar-refractivity contribution in [2.45, 2.75) is 39.5 Å². The lowest BCUT2D eigenvalue weighted by Crippen LogP contribution is -2.13. The second-order valence-electron chi connectivity index (χ2n) is 6.97. The number of benzene rings is 2. The highest BCUT2D eigenvalue weighted by atomic mass is 16.5. The summed E-state index contributed by atoms with van der Waals surface area (Å²) in [5, 5.41) is 2.75. The van der Waals surface area contributed by atoms with Crippen molar-refractivity contribution in [3.05, 3.63) is 59.7 Å². The van der Waals surface area contributed by atoms with Crippen LogP contribution in [0.1, 0.15) is 50.0 Å². The minimum absolute atomic E-state index is 0.0183. The first-order valence-corrected chi connectivity index (χ1v) is 8.46. The minimum Gasteiger partial charge on any atom is -0.485 e. The molecule has 4 heteroatoms. The van der Waals surface area contributed by atoms with Crippen LogP contribution in [0.4, 0.5) is 5.69 Å². The third kappa shape index (κ3) is 5.45. The van der Waals surface area contributed by atoms with Crippen LogP contribution in [0.3, 0.4) is 0 Å². The third-order valence-corrected chi connectivity index (χ3v) is 3.90. The van der Waals surface area contributed by atoms with Crippen LogP contribution in [-0.2, 0) is 10.2 Å². The number of anilines is 1. The SMILES string of the molecule is CCC(=O)Nc1ccc(C(=O)COc2ccc(C(C)(C)C)cc2)cc1. The number of hydrogen-bond acceptors (Lipinski definition) is 3. The molecule has 0 aliphatic carbocycles. The standard InChI is InChI=1S/C21H25NO3/c1-5-20(24)22-17-10-6-15(7-11-17)19(23)14-25-18-12-8-16(9-13-18)21(2,3)4/h6-13H,5,14H2,1-4H3,(H,22,24). The second-order valence-corrected chi connectivity index (χ2v) is 6.97. The molecule has 0 radical (unpaired) electrons. The van der Waals surface area contributed by atoms with Crippen molar-refractivity contribution in [1.82, 2.24) is 0 Å². The average molecular weight is 339 g/mol. The van der Waals surface area contributed by atoms with Gasteiger partial charge in [-0.25, -0.2) is 0 Å². The van der Waals surface area contributed by atoms with E-state index in [0.29, 0.717) is 23.4 Å². The molecule has 1 N–H and O–H groups in total. The topological polar surface area (TPSA) is 55.4 Å². The van der Waals surface area contributed by atoms with E-state index in [1.807, 2.05) is 24.3 Å².